The van der Waals surface area contributed by atoms with Crippen molar-refractivity contribution in [3.63, 3.8) is 0 Å². The lowest BCUT2D eigenvalue weighted by atomic mass is 9.95. The molecular formula is C21H19N3O2. The highest BCUT2D eigenvalue weighted by Crippen LogP contribution is 2.29. The molecule has 5 heteroatoms. The number of benzene rings is 1. The molecule has 1 N–H and O–H groups in total. The van der Waals surface area contributed by atoms with Crippen LogP contribution in [0.4, 0.5) is 0 Å². The molecule has 130 valence electrons. The third-order valence-electron chi connectivity index (χ3n) is 4.73. The largest absolute Gasteiger partial charge is 0.357 e. The molecule has 0 saturated carbocycles. The molecule has 5 nitrogen and oxygen atoms in total. The van der Waals surface area contributed by atoms with Gasteiger partial charge in [-0.25, -0.2) is 0 Å². The van der Waals surface area contributed by atoms with Gasteiger partial charge in [0.15, 0.2) is 0 Å². The maximum Gasteiger partial charge on any atom is 0.274 e. The fraction of sp³-hybridized carbons (Fsp3) is 0.143. The van der Waals surface area contributed by atoms with Crippen molar-refractivity contribution in [2.75, 3.05) is 0 Å². The van der Waals surface area contributed by atoms with E-state index in [9.17, 15) is 9.59 Å². The molecule has 0 spiro atoms. The van der Waals surface area contributed by atoms with Gasteiger partial charge in [-0.05, 0) is 29.2 Å². The van der Waals surface area contributed by atoms with Gasteiger partial charge in [0.05, 0.1) is 0 Å². The molecular weight excluding hydrogens is 326 g/mol. The number of fused-ring (bicyclic) bond motifs is 1. The Morgan fingerprint density at radius 1 is 0.923 bits per heavy atom. The third-order valence-corrected chi connectivity index (χ3v) is 4.73. The van der Waals surface area contributed by atoms with Gasteiger partial charge in [0.25, 0.3) is 11.1 Å². The first-order valence-electron chi connectivity index (χ1n) is 8.45. The van der Waals surface area contributed by atoms with Crippen molar-refractivity contribution in [2.24, 2.45) is 14.1 Å². The van der Waals surface area contributed by atoms with Crippen LogP contribution in [0.15, 0.2) is 70.6 Å². The Hall–Kier alpha value is -3.34. The van der Waals surface area contributed by atoms with E-state index < -0.39 is 0 Å². The van der Waals surface area contributed by atoms with Crippen LogP contribution in [0.25, 0.3) is 22.0 Å². The molecule has 0 aliphatic rings. The monoisotopic (exact) mass is 345 g/mol. The Morgan fingerprint density at radius 2 is 1.69 bits per heavy atom. The quantitative estimate of drug-likeness (QED) is 0.621. The van der Waals surface area contributed by atoms with Crippen LogP contribution >= 0.6 is 0 Å². The Labute approximate surface area is 150 Å². The maximum absolute atomic E-state index is 12.3. The van der Waals surface area contributed by atoms with E-state index in [1.165, 1.54) is 5.56 Å². The average molecular weight is 345 g/mol. The molecule has 0 aliphatic heterocycles. The predicted molar refractivity (Wildman–Crippen MR) is 103 cm³/mol. The van der Waals surface area contributed by atoms with E-state index in [1.54, 1.807) is 35.5 Å². The van der Waals surface area contributed by atoms with Crippen LogP contribution in [0.2, 0.25) is 0 Å². The number of rotatable bonds is 3. The van der Waals surface area contributed by atoms with Gasteiger partial charge in [-0.15, -0.1) is 0 Å². The summed E-state index contributed by atoms with van der Waals surface area (Å²) in [6, 6.07) is 13.7. The van der Waals surface area contributed by atoms with E-state index >= 15 is 0 Å². The molecule has 0 bridgehead atoms. The van der Waals surface area contributed by atoms with Gasteiger partial charge in [0, 0.05) is 49.7 Å². The SMILES string of the molecule is Cn1cc(Cc2ccccc2)c(-c2cn(C)c(=O)c3[nH]ccc23)cc1=O. The Bertz CT molecular complexity index is 1210. The van der Waals surface area contributed by atoms with Crippen LogP contribution in [0.1, 0.15) is 11.1 Å². The summed E-state index contributed by atoms with van der Waals surface area (Å²) < 4.78 is 3.15. The topological polar surface area (TPSA) is 59.8 Å². The summed E-state index contributed by atoms with van der Waals surface area (Å²) in [6.45, 7) is 0. The molecule has 4 aromatic rings. The van der Waals surface area contributed by atoms with Gasteiger partial charge in [0.1, 0.15) is 5.52 Å². The number of aromatic amines is 1. The van der Waals surface area contributed by atoms with Crippen LogP contribution in [0.3, 0.4) is 0 Å². The zero-order chi connectivity index (χ0) is 18.3. The van der Waals surface area contributed by atoms with Crippen molar-refractivity contribution < 1.29 is 0 Å². The first-order valence-corrected chi connectivity index (χ1v) is 8.45. The fourth-order valence-electron chi connectivity index (χ4n) is 3.38. The molecule has 4 rings (SSSR count). The lowest BCUT2D eigenvalue weighted by Crippen LogP contribution is -2.19. The summed E-state index contributed by atoms with van der Waals surface area (Å²) >= 11 is 0. The van der Waals surface area contributed by atoms with E-state index in [1.807, 2.05) is 36.7 Å². The maximum atomic E-state index is 12.3. The standard InChI is InChI=1S/C21H19N3O2/c1-23-12-15(10-14-6-4-3-5-7-14)17(11-19(23)25)18-13-24(2)21(26)20-16(18)8-9-22-20/h3-9,11-13,22H,10H2,1-2H3. The molecule has 0 saturated heterocycles. The molecule has 0 aliphatic carbocycles. The highest BCUT2D eigenvalue weighted by atomic mass is 16.1. The molecule has 0 unspecified atom stereocenters. The lowest BCUT2D eigenvalue weighted by Gasteiger charge is -2.14. The Kier molecular flexibility index (Phi) is 3.84. The van der Waals surface area contributed by atoms with Gasteiger partial charge < -0.3 is 14.1 Å². The summed E-state index contributed by atoms with van der Waals surface area (Å²) in [6.07, 6.45) is 6.16. The molecule has 3 aromatic heterocycles. The van der Waals surface area contributed by atoms with E-state index in [0.717, 1.165) is 22.1 Å². The van der Waals surface area contributed by atoms with E-state index in [2.05, 4.69) is 17.1 Å². The second-order valence-electron chi connectivity index (χ2n) is 6.55. The Morgan fingerprint density at radius 3 is 2.46 bits per heavy atom. The van der Waals surface area contributed by atoms with Crippen LogP contribution in [-0.4, -0.2) is 14.1 Å². The van der Waals surface area contributed by atoms with Crippen molar-refractivity contribution in [1.82, 2.24) is 14.1 Å². The molecule has 0 fully saturated rings. The average Bonchev–Trinajstić information content (AvgIpc) is 3.12. The number of aryl methyl sites for hydroxylation is 2. The summed E-state index contributed by atoms with van der Waals surface area (Å²) in [4.78, 5) is 27.7. The third kappa shape index (κ3) is 2.67. The summed E-state index contributed by atoms with van der Waals surface area (Å²) in [5, 5.41) is 0.829. The van der Waals surface area contributed by atoms with Crippen LogP contribution in [-0.2, 0) is 20.5 Å². The van der Waals surface area contributed by atoms with Crippen molar-refractivity contribution in [1.29, 1.82) is 0 Å². The number of H-pyrrole nitrogens is 1. The van der Waals surface area contributed by atoms with Gasteiger partial charge in [-0.2, -0.15) is 0 Å². The first kappa shape index (κ1) is 16.1. The number of pyridine rings is 2. The second kappa shape index (κ2) is 6.19. The van der Waals surface area contributed by atoms with E-state index in [-0.39, 0.29) is 11.1 Å². The molecule has 26 heavy (non-hydrogen) atoms. The van der Waals surface area contributed by atoms with Crippen molar-refractivity contribution >= 4 is 10.9 Å². The molecule has 0 atom stereocenters. The number of hydrogen-bond donors (Lipinski definition) is 1. The minimum atomic E-state index is -0.0813. The summed E-state index contributed by atoms with van der Waals surface area (Å²) in [5.74, 6) is 0. The second-order valence-corrected chi connectivity index (χ2v) is 6.55. The summed E-state index contributed by atoms with van der Waals surface area (Å²) in [7, 11) is 3.48. The van der Waals surface area contributed by atoms with Gasteiger partial charge in [-0.3, -0.25) is 9.59 Å². The highest BCUT2D eigenvalue weighted by Gasteiger charge is 2.15. The lowest BCUT2D eigenvalue weighted by molar-refractivity contribution is 0.844. The Balaban J connectivity index is 1.99. The first-order chi connectivity index (χ1) is 12.5. The minimum Gasteiger partial charge on any atom is -0.357 e. The highest BCUT2D eigenvalue weighted by molar-refractivity contribution is 5.95. The van der Waals surface area contributed by atoms with Crippen molar-refractivity contribution in [2.45, 2.75) is 6.42 Å². The molecule has 1 aromatic carbocycles. The van der Waals surface area contributed by atoms with Crippen LogP contribution in [0, 0.1) is 0 Å². The van der Waals surface area contributed by atoms with Gasteiger partial charge in [0.2, 0.25) is 0 Å². The number of hydrogen-bond acceptors (Lipinski definition) is 2. The van der Waals surface area contributed by atoms with Crippen LogP contribution < -0.4 is 11.1 Å². The smallest absolute Gasteiger partial charge is 0.274 e. The minimum absolute atomic E-state index is 0.0747. The molecule has 3 heterocycles. The molecule has 0 radical (unpaired) electrons. The zero-order valence-corrected chi connectivity index (χ0v) is 14.7. The van der Waals surface area contributed by atoms with E-state index in [4.69, 9.17) is 0 Å². The van der Waals surface area contributed by atoms with Crippen molar-refractivity contribution in [3.05, 3.63) is 92.9 Å². The summed E-state index contributed by atoms with van der Waals surface area (Å²) in [5.41, 5.74) is 4.35. The zero-order valence-electron chi connectivity index (χ0n) is 14.7. The van der Waals surface area contributed by atoms with Gasteiger partial charge in [-0.1, -0.05) is 30.3 Å². The fourth-order valence-corrected chi connectivity index (χ4v) is 3.38. The number of nitrogens with one attached hydrogen (secondary N) is 1. The van der Waals surface area contributed by atoms with Gasteiger partial charge >= 0.3 is 0 Å². The normalized spacial score (nSPS) is 11.2. The van der Waals surface area contributed by atoms with Crippen molar-refractivity contribution in [3.8, 4) is 11.1 Å². The number of aromatic nitrogens is 3. The number of nitrogens with zero attached hydrogens (tertiary/aromatic N) is 2. The van der Waals surface area contributed by atoms with Crippen LogP contribution in [0.5, 0.6) is 0 Å². The van der Waals surface area contributed by atoms with E-state index in [0.29, 0.717) is 11.9 Å². The molecule has 0 amide bonds. The predicted octanol–water partition coefficient (Wildman–Crippen LogP) is 2.82.